The third-order valence-corrected chi connectivity index (χ3v) is 1.73. The van der Waals surface area contributed by atoms with Gasteiger partial charge in [-0.15, -0.1) is 0 Å². The summed E-state index contributed by atoms with van der Waals surface area (Å²) in [5, 5.41) is 26.0. The molecule has 86 valence electrons. The molecule has 0 aliphatic rings. The summed E-state index contributed by atoms with van der Waals surface area (Å²) in [6, 6.07) is 6.69. The molecule has 0 heterocycles. The van der Waals surface area contributed by atoms with Crippen LogP contribution in [0.25, 0.3) is 0 Å². The van der Waals surface area contributed by atoms with Gasteiger partial charge in [0.1, 0.15) is 24.7 Å². The number of ether oxygens (including phenoxy) is 2. The fourth-order valence-electron chi connectivity index (χ4n) is 1.13. The van der Waals surface area contributed by atoms with Gasteiger partial charge in [0.2, 0.25) is 0 Å². The molecule has 2 N–H and O–H groups in total. The Hall–Kier alpha value is -1.77. The van der Waals surface area contributed by atoms with Crippen molar-refractivity contribution in [1.82, 2.24) is 0 Å². The van der Waals surface area contributed by atoms with Crippen molar-refractivity contribution < 1.29 is 19.7 Å². The highest BCUT2D eigenvalue weighted by Gasteiger charge is 2.02. The summed E-state index contributed by atoms with van der Waals surface area (Å²) in [7, 11) is 0. The van der Waals surface area contributed by atoms with Crippen molar-refractivity contribution in [2.45, 2.75) is 0 Å². The highest BCUT2D eigenvalue weighted by molar-refractivity contribution is 5.43. The van der Waals surface area contributed by atoms with Crippen molar-refractivity contribution in [3.63, 3.8) is 0 Å². The third kappa shape index (κ3) is 3.77. The number of aliphatic hydroxyl groups is 2. The van der Waals surface area contributed by atoms with Gasteiger partial charge in [-0.25, -0.2) is 0 Å². The lowest BCUT2D eigenvalue weighted by molar-refractivity contribution is 0.194. The summed E-state index contributed by atoms with van der Waals surface area (Å²) in [6.07, 6.45) is 0. The van der Waals surface area contributed by atoms with E-state index in [1.54, 1.807) is 18.2 Å². The zero-order valence-corrected chi connectivity index (χ0v) is 8.72. The van der Waals surface area contributed by atoms with E-state index in [9.17, 15) is 0 Å². The second-order valence-corrected chi connectivity index (χ2v) is 2.95. The first-order chi connectivity index (χ1) is 7.80. The Bertz CT molecular complexity index is 346. The van der Waals surface area contributed by atoms with Crippen molar-refractivity contribution >= 4 is 0 Å². The van der Waals surface area contributed by atoms with Crippen LogP contribution < -0.4 is 9.47 Å². The Morgan fingerprint density at radius 2 is 1.50 bits per heavy atom. The lowest BCUT2D eigenvalue weighted by Gasteiger charge is -2.08. The zero-order valence-electron chi connectivity index (χ0n) is 8.72. The van der Waals surface area contributed by atoms with Gasteiger partial charge >= 0.3 is 0 Å². The fraction of sp³-hybridized carbons (Fsp3) is 0.364. The summed E-state index contributed by atoms with van der Waals surface area (Å²) in [5.74, 6) is 0.919. The lowest BCUT2D eigenvalue weighted by Crippen LogP contribution is -2.04. The van der Waals surface area contributed by atoms with Crippen LogP contribution in [0.4, 0.5) is 0 Å². The Labute approximate surface area is 93.5 Å². The number of rotatable bonds is 6. The maximum absolute atomic E-state index is 8.78. The van der Waals surface area contributed by atoms with E-state index in [-0.39, 0.29) is 26.4 Å². The largest absolute Gasteiger partial charge is 0.491 e. The van der Waals surface area contributed by atoms with Crippen LogP contribution in [0.1, 0.15) is 5.56 Å². The average molecular weight is 223 g/mol. The van der Waals surface area contributed by atoms with Crippen molar-refractivity contribution in [1.29, 1.82) is 5.26 Å². The van der Waals surface area contributed by atoms with Crippen LogP contribution in [0, 0.1) is 11.3 Å². The Balaban J connectivity index is 2.79. The number of nitrogens with zero attached hydrogens (tertiary/aromatic N) is 1. The quantitative estimate of drug-likeness (QED) is 0.724. The molecular weight excluding hydrogens is 210 g/mol. The van der Waals surface area contributed by atoms with Crippen molar-refractivity contribution in [2.24, 2.45) is 0 Å². The molecule has 16 heavy (non-hydrogen) atoms. The van der Waals surface area contributed by atoms with Crippen LogP contribution in [-0.4, -0.2) is 36.6 Å². The molecule has 0 unspecified atom stereocenters. The molecule has 0 spiro atoms. The van der Waals surface area contributed by atoms with Gasteiger partial charge in [-0.3, -0.25) is 0 Å². The number of benzene rings is 1. The predicted molar refractivity (Wildman–Crippen MR) is 56.3 cm³/mol. The molecular formula is C11H13NO4. The first-order valence-corrected chi connectivity index (χ1v) is 4.82. The molecule has 5 nitrogen and oxygen atoms in total. The first kappa shape index (κ1) is 12.3. The standard InChI is InChI=1S/C11H13NO4/c12-8-9-5-10(15-3-1-13)7-11(6-9)16-4-2-14/h5-7,13-14H,1-4H2. The third-order valence-electron chi connectivity index (χ3n) is 1.73. The smallest absolute Gasteiger partial charge is 0.124 e. The maximum Gasteiger partial charge on any atom is 0.124 e. The van der Waals surface area contributed by atoms with Crippen LogP contribution in [0.3, 0.4) is 0 Å². The van der Waals surface area contributed by atoms with Gasteiger partial charge in [0, 0.05) is 6.07 Å². The van der Waals surface area contributed by atoms with Gasteiger partial charge in [0.05, 0.1) is 24.8 Å². The predicted octanol–water partition coefficient (Wildman–Crippen LogP) is 0.300. The van der Waals surface area contributed by atoms with E-state index in [2.05, 4.69) is 0 Å². The highest BCUT2D eigenvalue weighted by Crippen LogP contribution is 2.22. The second-order valence-electron chi connectivity index (χ2n) is 2.95. The topological polar surface area (TPSA) is 82.7 Å². The van der Waals surface area contributed by atoms with E-state index < -0.39 is 0 Å². The molecule has 0 radical (unpaired) electrons. The van der Waals surface area contributed by atoms with E-state index in [0.717, 1.165) is 0 Å². The van der Waals surface area contributed by atoms with E-state index in [0.29, 0.717) is 17.1 Å². The molecule has 0 bridgehead atoms. The van der Waals surface area contributed by atoms with E-state index in [4.69, 9.17) is 24.9 Å². The normalized spacial score (nSPS) is 9.56. The van der Waals surface area contributed by atoms with E-state index in [1.165, 1.54) is 0 Å². The second kappa shape index (κ2) is 6.67. The van der Waals surface area contributed by atoms with Crippen molar-refractivity contribution in [3.8, 4) is 17.6 Å². The molecule has 0 amide bonds. The van der Waals surface area contributed by atoms with Crippen LogP contribution in [-0.2, 0) is 0 Å². The molecule has 1 aromatic carbocycles. The van der Waals surface area contributed by atoms with Gasteiger partial charge in [0.15, 0.2) is 0 Å². The fourth-order valence-corrected chi connectivity index (χ4v) is 1.13. The van der Waals surface area contributed by atoms with Gasteiger partial charge in [0.25, 0.3) is 0 Å². The Morgan fingerprint density at radius 3 is 1.88 bits per heavy atom. The van der Waals surface area contributed by atoms with Crippen LogP contribution in [0.5, 0.6) is 11.5 Å². The average Bonchev–Trinajstić information content (AvgIpc) is 2.33. The molecule has 0 saturated heterocycles. The molecule has 0 aliphatic heterocycles. The number of hydrogen-bond acceptors (Lipinski definition) is 5. The number of nitriles is 1. The highest BCUT2D eigenvalue weighted by atomic mass is 16.5. The molecule has 1 aromatic rings. The van der Waals surface area contributed by atoms with Gasteiger partial charge < -0.3 is 19.7 Å². The summed E-state index contributed by atoms with van der Waals surface area (Å²) in [4.78, 5) is 0. The maximum atomic E-state index is 8.78. The SMILES string of the molecule is N#Cc1cc(OCCO)cc(OCCO)c1. The molecule has 1 rings (SSSR count). The minimum atomic E-state index is -0.0936. The number of hydrogen-bond donors (Lipinski definition) is 2. The van der Waals surface area contributed by atoms with Crippen LogP contribution in [0.15, 0.2) is 18.2 Å². The minimum Gasteiger partial charge on any atom is -0.491 e. The van der Waals surface area contributed by atoms with Gasteiger partial charge in [-0.05, 0) is 12.1 Å². The molecule has 0 fully saturated rings. The molecule has 0 saturated carbocycles. The van der Waals surface area contributed by atoms with Gasteiger partial charge in [-0.2, -0.15) is 5.26 Å². The number of aliphatic hydroxyl groups excluding tert-OH is 2. The van der Waals surface area contributed by atoms with Crippen LogP contribution >= 0.6 is 0 Å². The minimum absolute atomic E-state index is 0.0936. The Morgan fingerprint density at radius 1 is 1.00 bits per heavy atom. The monoisotopic (exact) mass is 223 g/mol. The van der Waals surface area contributed by atoms with E-state index in [1.807, 2.05) is 6.07 Å². The molecule has 0 aliphatic carbocycles. The first-order valence-electron chi connectivity index (χ1n) is 4.82. The van der Waals surface area contributed by atoms with Gasteiger partial charge in [-0.1, -0.05) is 0 Å². The summed E-state index contributed by atoms with van der Waals surface area (Å²) in [6.45, 7) is 0.135. The molecule has 0 atom stereocenters. The summed E-state index contributed by atoms with van der Waals surface area (Å²) >= 11 is 0. The van der Waals surface area contributed by atoms with Crippen LogP contribution in [0.2, 0.25) is 0 Å². The molecule has 5 heteroatoms. The Kier molecular flexibility index (Phi) is 5.12. The lowest BCUT2D eigenvalue weighted by atomic mass is 10.2. The summed E-state index contributed by atoms with van der Waals surface area (Å²) < 4.78 is 10.3. The molecule has 0 aromatic heterocycles. The summed E-state index contributed by atoms with van der Waals surface area (Å²) in [5.41, 5.74) is 0.406. The van der Waals surface area contributed by atoms with E-state index >= 15 is 0 Å². The van der Waals surface area contributed by atoms with Crippen molar-refractivity contribution in [3.05, 3.63) is 23.8 Å². The zero-order chi connectivity index (χ0) is 11.8. The van der Waals surface area contributed by atoms with Crippen molar-refractivity contribution in [2.75, 3.05) is 26.4 Å².